The number of rotatable bonds is 5. The molecule has 1 aliphatic rings. The summed E-state index contributed by atoms with van der Waals surface area (Å²) in [6, 6.07) is 1.70. The third-order valence-electron chi connectivity index (χ3n) is 4.49. The molecule has 0 radical (unpaired) electrons. The highest BCUT2D eigenvalue weighted by Crippen LogP contribution is 2.34. The van der Waals surface area contributed by atoms with Crippen LogP contribution in [0, 0.1) is 5.92 Å². The van der Waals surface area contributed by atoms with Crippen LogP contribution in [0.3, 0.4) is 0 Å². The van der Waals surface area contributed by atoms with Crippen LogP contribution in [0.1, 0.15) is 12.8 Å². The fourth-order valence-electron chi connectivity index (χ4n) is 2.98. The molecule has 4 rings (SSSR count). The van der Waals surface area contributed by atoms with Crippen LogP contribution >= 0.6 is 0 Å². The quantitative estimate of drug-likeness (QED) is 0.697. The van der Waals surface area contributed by atoms with Gasteiger partial charge >= 0.3 is 6.18 Å². The zero-order valence-corrected chi connectivity index (χ0v) is 14.9. The number of anilines is 2. The molecule has 1 amide bonds. The lowest BCUT2D eigenvalue weighted by molar-refractivity contribution is -0.142. The summed E-state index contributed by atoms with van der Waals surface area (Å²) >= 11 is 0. The van der Waals surface area contributed by atoms with Gasteiger partial charge in [0.2, 0.25) is 5.91 Å². The molecule has 0 atom stereocenters. The van der Waals surface area contributed by atoms with Crippen molar-refractivity contribution in [1.82, 2.24) is 19.7 Å². The molecule has 2 N–H and O–H groups in total. The van der Waals surface area contributed by atoms with Gasteiger partial charge in [-0.05, 0) is 18.9 Å². The summed E-state index contributed by atoms with van der Waals surface area (Å²) in [5.74, 6) is 0.924. The maximum Gasteiger partial charge on any atom is 0.408 e. The Balaban J connectivity index is 1.75. The summed E-state index contributed by atoms with van der Waals surface area (Å²) in [4.78, 5) is 20.6. The molecule has 0 spiro atoms. The van der Waals surface area contributed by atoms with E-state index >= 15 is 0 Å². The van der Waals surface area contributed by atoms with Gasteiger partial charge in [0.15, 0.2) is 0 Å². The minimum Gasteiger partial charge on any atom is -0.373 e. The van der Waals surface area contributed by atoms with E-state index in [1.807, 2.05) is 0 Å². The minimum atomic E-state index is -4.36. The smallest absolute Gasteiger partial charge is 0.373 e. The van der Waals surface area contributed by atoms with E-state index in [-0.39, 0.29) is 11.8 Å². The van der Waals surface area contributed by atoms with Crippen LogP contribution in [0.5, 0.6) is 0 Å². The van der Waals surface area contributed by atoms with Crippen molar-refractivity contribution >= 4 is 28.3 Å². The molecule has 10 heteroatoms. The molecule has 0 aliphatic heterocycles. The lowest BCUT2D eigenvalue weighted by atomic mass is 10.0. The number of aromatic nitrogens is 4. The topological polar surface area (TPSA) is 84.7 Å². The fraction of sp³-hybridized carbons (Fsp3) is 0.333. The first-order chi connectivity index (χ1) is 13.3. The van der Waals surface area contributed by atoms with E-state index in [4.69, 9.17) is 0 Å². The van der Waals surface area contributed by atoms with E-state index < -0.39 is 12.7 Å². The number of carbonyl (C=O) groups excluding carboxylic acids is 1. The van der Waals surface area contributed by atoms with Gasteiger partial charge in [-0.1, -0.05) is 0 Å². The maximum absolute atomic E-state index is 12.6. The number of nitrogens with one attached hydrogen (secondary N) is 2. The third kappa shape index (κ3) is 3.75. The molecular formula is C18H17F3N6O. The summed E-state index contributed by atoms with van der Waals surface area (Å²) in [6.45, 7) is -1.17. The van der Waals surface area contributed by atoms with Crippen LogP contribution < -0.4 is 10.6 Å². The summed E-state index contributed by atoms with van der Waals surface area (Å²) in [5, 5.41) is 10.9. The zero-order chi connectivity index (χ0) is 19.9. The summed E-state index contributed by atoms with van der Waals surface area (Å²) in [6.07, 6.45) is 3.23. The summed E-state index contributed by atoms with van der Waals surface area (Å²) < 4.78 is 38.7. The van der Waals surface area contributed by atoms with E-state index in [2.05, 4.69) is 25.7 Å². The Hall–Kier alpha value is -3.17. The summed E-state index contributed by atoms with van der Waals surface area (Å²) in [7, 11) is 1.71. The van der Waals surface area contributed by atoms with Crippen LogP contribution in [0.15, 0.2) is 30.9 Å². The van der Waals surface area contributed by atoms with E-state index in [0.29, 0.717) is 33.5 Å². The van der Waals surface area contributed by atoms with Crippen LogP contribution in [-0.4, -0.2) is 38.9 Å². The van der Waals surface area contributed by atoms with Crippen molar-refractivity contribution in [2.24, 2.45) is 5.92 Å². The molecule has 28 heavy (non-hydrogen) atoms. The first-order valence-electron chi connectivity index (χ1n) is 8.71. The number of hydrogen-bond acceptors (Lipinski definition) is 5. The summed E-state index contributed by atoms with van der Waals surface area (Å²) in [5.41, 5.74) is 1.10. The molecular weight excluding hydrogens is 373 g/mol. The van der Waals surface area contributed by atoms with E-state index in [9.17, 15) is 18.0 Å². The number of alkyl halides is 3. The van der Waals surface area contributed by atoms with Crippen molar-refractivity contribution in [3.8, 4) is 11.1 Å². The molecule has 3 aromatic rings. The predicted octanol–water partition coefficient (Wildman–Crippen LogP) is 3.45. The van der Waals surface area contributed by atoms with Crippen LogP contribution in [0.25, 0.3) is 21.9 Å². The Morgan fingerprint density at radius 2 is 2.00 bits per heavy atom. The standard InChI is InChI=1S/C18H17F3N6O/c1-22-16-14-7-23-15(26-17(28)10-2-3-10)4-12(14)13(6-24-16)11-5-25-27(8-11)9-18(19,20)21/h4-8,10H,2-3,9H2,1H3,(H,22,24)(H,23,26,28). The third-order valence-corrected chi connectivity index (χ3v) is 4.49. The van der Waals surface area contributed by atoms with Crippen LogP contribution in [0.2, 0.25) is 0 Å². The Kier molecular flexibility index (Phi) is 4.40. The van der Waals surface area contributed by atoms with E-state index in [1.165, 1.54) is 12.4 Å². The second-order valence-corrected chi connectivity index (χ2v) is 6.69. The molecule has 1 aliphatic carbocycles. The molecule has 146 valence electrons. The number of hydrogen-bond donors (Lipinski definition) is 2. The Bertz CT molecular complexity index is 1040. The lowest BCUT2D eigenvalue weighted by Crippen LogP contribution is -2.17. The first kappa shape index (κ1) is 18.2. The normalized spacial score (nSPS) is 14.3. The Morgan fingerprint density at radius 3 is 2.68 bits per heavy atom. The van der Waals surface area contributed by atoms with Crippen molar-refractivity contribution in [3.05, 3.63) is 30.9 Å². The Morgan fingerprint density at radius 1 is 1.21 bits per heavy atom. The minimum absolute atomic E-state index is 0.0304. The van der Waals surface area contributed by atoms with Gasteiger partial charge in [0.25, 0.3) is 0 Å². The maximum atomic E-state index is 12.6. The van der Waals surface area contributed by atoms with Gasteiger partial charge in [0, 0.05) is 53.5 Å². The number of carbonyl (C=O) groups is 1. The molecule has 0 aromatic carbocycles. The predicted molar refractivity (Wildman–Crippen MR) is 97.7 cm³/mol. The second-order valence-electron chi connectivity index (χ2n) is 6.69. The van der Waals surface area contributed by atoms with Crippen molar-refractivity contribution in [2.45, 2.75) is 25.6 Å². The fourth-order valence-corrected chi connectivity index (χ4v) is 2.98. The molecule has 0 unspecified atom stereocenters. The molecule has 1 saturated carbocycles. The highest BCUT2D eigenvalue weighted by atomic mass is 19.4. The lowest BCUT2D eigenvalue weighted by Gasteiger charge is -2.11. The molecule has 0 saturated heterocycles. The van der Waals surface area contributed by atoms with E-state index in [0.717, 1.165) is 17.5 Å². The molecule has 3 heterocycles. The van der Waals surface area contributed by atoms with Gasteiger partial charge in [-0.25, -0.2) is 9.97 Å². The van der Waals surface area contributed by atoms with Crippen molar-refractivity contribution in [3.63, 3.8) is 0 Å². The van der Waals surface area contributed by atoms with Gasteiger partial charge in [0.05, 0.1) is 6.20 Å². The van der Waals surface area contributed by atoms with Gasteiger partial charge in [0.1, 0.15) is 18.2 Å². The highest BCUT2D eigenvalue weighted by molar-refractivity contribution is 6.03. The molecule has 1 fully saturated rings. The second kappa shape index (κ2) is 6.77. The van der Waals surface area contributed by atoms with Crippen LogP contribution in [0.4, 0.5) is 24.8 Å². The average Bonchev–Trinajstić information content (AvgIpc) is 3.40. The highest BCUT2D eigenvalue weighted by Gasteiger charge is 2.30. The molecule has 7 nitrogen and oxygen atoms in total. The first-order valence-corrected chi connectivity index (χ1v) is 8.71. The van der Waals surface area contributed by atoms with Gasteiger partial charge in [-0.15, -0.1) is 0 Å². The van der Waals surface area contributed by atoms with Gasteiger partial charge in [-0.3, -0.25) is 9.48 Å². The van der Waals surface area contributed by atoms with Crippen molar-refractivity contribution < 1.29 is 18.0 Å². The molecule has 3 aromatic heterocycles. The van der Waals surface area contributed by atoms with Crippen LogP contribution in [-0.2, 0) is 11.3 Å². The SMILES string of the molecule is CNc1ncc(-c2cnn(CC(F)(F)F)c2)c2cc(NC(=O)C3CC3)ncc12. The number of nitrogens with zero attached hydrogens (tertiary/aromatic N) is 4. The van der Waals surface area contributed by atoms with Gasteiger partial charge < -0.3 is 10.6 Å². The van der Waals surface area contributed by atoms with Crippen molar-refractivity contribution in [2.75, 3.05) is 17.7 Å². The average molecular weight is 390 g/mol. The zero-order valence-electron chi connectivity index (χ0n) is 14.9. The largest absolute Gasteiger partial charge is 0.408 e. The monoisotopic (exact) mass is 390 g/mol. The number of halogens is 3. The van der Waals surface area contributed by atoms with E-state index in [1.54, 1.807) is 25.5 Å². The van der Waals surface area contributed by atoms with Gasteiger partial charge in [-0.2, -0.15) is 18.3 Å². The number of pyridine rings is 2. The number of fused-ring (bicyclic) bond motifs is 1. The molecule has 0 bridgehead atoms. The number of amides is 1. The Labute approximate surface area is 158 Å². The van der Waals surface area contributed by atoms with Crippen molar-refractivity contribution in [1.29, 1.82) is 0 Å².